The average molecular weight is 282 g/mol. The Morgan fingerprint density at radius 2 is 1.95 bits per heavy atom. The van der Waals surface area contributed by atoms with E-state index < -0.39 is 0 Å². The molecule has 0 spiro atoms. The third kappa shape index (κ3) is 4.35. The lowest BCUT2D eigenvalue weighted by atomic mass is 10.2. The maximum absolute atomic E-state index is 6.16. The molecule has 5 heteroatoms. The van der Waals surface area contributed by atoms with E-state index in [1.807, 2.05) is 0 Å². The predicted molar refractivity (Wildman–Crippen MR) is 83.0 cm³/mol. The second kappa shape index (κ2) is 7.84. The van der Waals surface area contributed by atoms with Gasteiger partial charge in [-0.25, -0.2) is 0 Å². The monoisotopic (exact) mass is 282 g/mol. The zero-order chi connectivity index (χ0) is 14.4. The minimum Gasteiger partial charge on any atom is -0.379 e. The van der Waals surface area contributed by atoms with Gasteiger partial charge in [0.15, 0.2) is 5.96 Å². The average Bonchev–Trinajstić information content (AvgIpc) is 2.74. The first kappa shape index (κ1) is 15.6. The molecule has 0 bridgehead atoms. The van der Waals surface area contributed by atoms with Crippen molar-refractivity contribution < 1.29 is 4.74 Å². The Hall–Kier alpha value is -0.810. The van der Waals surface area contributed by atoms with Crippen LogP contribution < -0.4 is 5.73 Å². The van der Waals surface area contributed by atoms with Crippen molar-refractivity contribution in [1.82, 2.24) is 9.80 Å². The van der Waals surface area contributed by atoms with Crippen LogP contribution in [0.15, 0.2) is 4.99 Å². The second-order valence-electron chi connectivity index (χ2n) is 6.11. The van der Waals surface area contributed by atoms with E-state index in [2.05, 4.69) is 28.6 Å². The third-order valence-corrected chi connectivity index (χ3v) is 4.43. The van der Waals surface area contributed by atoms with Gasteiger partial charge in [0.2, 0.25) is 0 Å². The molecule has 2 aliphatic rings. The predicted octanol–water partition coefficient (Wildman–Crippen LogP) is 1.29. The van der Waals surface area contributed by atoms with E-state index in [1.54, 1.807) is 0 Å². The molecule has 116 valence electrons. The Bertz CT molecular complexity index is 313. The van der Waals surface area contributed by atoms with Gasteiger partial charge in [-0.2, -0.15) is 0 Å². The van der Waals surface area contributed by atoms with Crippen LogP contribution in [-0.2, 0) is 4.74 Å². The lowest BCUT2D eigenvalue weighted by molar-refractivity contribution is -0.0166. The maximum atomic E-state index is 6.16. The lowest BCUT2D eigenvalue weighted by Crippen LogP contribution is -2.49. The van der Waals surface area contributed by atoms with Crippen LogP contribution in [0.4, 0.5) is 0 Å². The topological polar surface area (TPSA) is 54.1 Å². The minimum atomic E-state index is 0.430. The molecule has 2 atom stereocenters. The summed E-state index contributed by atoms with van der Waals surface area (Å²) in [6.45, 7) is 10.0. The number of hydrogen-bond acceptors (Lipinski definition) is 3. The number of guanidine groups is 1. The van der Waals surface area contributed by atoms with Gasteiger partial charge in [0.05, 0.1) is 19.8 Å². The van der Waals surface area contributed by atoms with E-state index >= 15 is 0 Å². The number of aliphatic imine (C=N–C) groups is 1. The summed E-state index contributed by atoms with van der Waals surface area (Å²) in [6.07, 6.45) is 5.13. The number of morpholine rings is 1. The molecule has 0 aliphatic carbocycles. The molecule has 2 aliphatic heterocycles. The first-order valence-corrected chi connectivity index (χ1v) is 8.07. The van der Waals surface area contributed by atoms with Gasteiger partial charge in [-0.15, -0.1) is 0 Å². The number of likely N-dealkylation sites (tertiary alicyclic amines) is 1. The van der Waals surface area contributed by atoms with Crippen LogP contribution in [0, 0.1) is 0 Å². The van der Waals surface area contributed by atoms with Crippen LogP contribution in [0.5, 0.6) is 0 Å². The van der Waals surface area contributed by atoms with Gasteiger partial charge in [0.25, 0.3) is 0 Å². The summed E-state index contributed by atoms with van der Waals surface area (Å²) in [6, 6.07) is 0.910. The van der Waals surface area contributed by atoms with Gasteiger partial charge in [-0.3, -0.25) is 9.89 Å². The van der Waals surface area contributed by atoms with E-state index in [0.717, 1.165) is 45.4 Å². The van der Waals surface area contributed by atoms with Gasteiger partial charge >= 0.3 is 0 Å². The van der Waals surface area contributed by atoms with Gasteiger partial charge in [0, 0.05) is 31.7 Å². The number of nitrogens with two attached hydrogens (primary N) is 1. The Morgan fingerprint density at radius 1 is 1.25 bits per heavy atom. The molecule has 0 radical (unpaired) electrons. The molecular formula is C15H30N4O. The summed E-state index contributed by atoms with van der Waals surface area (Å²) < 4.78 is 5.49. The van der Waals surface area contributed by atoms with Crippen molar-refractivity contribution in [3.8, 4) is 0 Å². The van der Waals surface area contributed by atoms with Gasteiger partial charge in [-0.05, 0) is 26.7 Å². The van der Waals surface area contributed by atoms with Crippen molar-refractivity contribution in [2.45, 2.75) is 51.6 Å². The van der Waals surface area contributed by atoms with Crippen LogP contribution in [0.25, 0.3) is 0 Å². The van der Waals surface area contributed by atoms with E-state index in [9.17, 15) is 0 Å². The third-order valence-electron chi connectivity index (χ3n) is 4.43. The minimum absolute atomic E-state index is 0.430. The van der Waals surface area contributed by atoms with Crippen molar-refractivity contribution in [3.05, 3.63) is 0 Å². The molecule has 2 fully saturated rings. The van der Waals surface area contributed by atoms with Crippen LogP contribution in [0.2, 0.25) is 0 Å². The fraction of sp³-hybridized carbons (Fsp3) is 0.933. The molecule has 0 aromatic rings. The summed E-state index contributed by atoms with van der Waals surface area (Å²) in [5.74, 6) is 0.736. The number of rotatable bonds is 3. The van der Waals surface area contributed by atoms with E-state index in [0.29, 0.717) is 12.1 Å². The molecule has 5 nitrogen and oxygen atoms in total. The number of nitrogens with zero attached hydrogens (tertiary/aromatic N) is 3. The highest BCUT2D eigenvalue weighted by Gasteiger charge is 2.23. The maximum Gasteiger partial charge on any atom is 0.191 e. The van der Waals surface area contributed by atoms with Crippen LogP contribution >= 0.6 is 0 Å². The van der Waals surface area contributed by atoms with E-state index in [1.165, 1.54) is 25.7 Å². The highest BCUT2D eigenvalue weighted by atomic mass is 16.5. The summed E-state index contributed by atoms with van der Waals surface area (Å²) in [7, 11) is 0. The van der Waals surface area contributed by atoms with E-state index in [4.69, 9.17) is 10.5 Å². The second-order valence-corrected chi connectivity index (χ2v) is 6.11. The Morgan fingerprint density at radius 3 is 2.60 bits per heavy atom. The molecule has 0 amide bonds. The van der Waals surface area contributed by atoms with Crippen LogP contribution in [0.3, 0.4) is 0 Å². The molecule has 2 N–H and O–H groups in total. The largest absolute Gasteiger partial charge is 0.379 e. The summed E-state index contributed by atoms with van der Waals surface area (Å²) >= 11 is 0. The quantitative estimate of drug-likeness (QED) is 0.626. The summed E-state index contributed by atoms with van der Waals surface area (Å²) in [5.41, 5.74) is 6.16. The standard InChI is InChI=1S/C15H30N4O/c1-13(19-9-10-20-12-14(19)2)11-17-15(16)18-7-5-3-4-6-8-18/h13-14H,3-12H2,1-2H3,(H2,16,17)/t13-,14+/m1/s1. The molecule has 0 aromatic carbocycles. The van der Waals surface area contributed by atoms with Gasteiger partial charge < -0.3 is 15.4 Å². The highest BCUT2D eigenvalue weighted by molar-refractivity contribution is 5.78. The van der Waals surface area contributed by atoms with Crippen molar-refractivity contribution in [3.63, 3.8) is 0 Å². The van der Waals surface area contributed by atoms with Crippen LogP contribution in [-0.4, -0.2) is 67.2 Å². The highest BCUT2D eigenvalue weighted by Crippen LogP contribution is 2.12. The van der Waals surface area contributed by atoms with Crippen molar-refractivity contribution in [2.75, 3.05) is 39.4 Å². The SMILES string of the molecule is C[C@H](CN=C(N)N1CCCCCC1)N1CCOC[C@@H]1C. The summed E-state index contributed by atoms with van der Waals surface area (Å²) in [5, 5.41) is 0. The van der Waals surface area contributed by atoms with Crippen molar-refractivity contribution in [2.24, 2.45) is 10.7 Å². The first-order chi connectivity index (χ1) is 9.68. The van der Waals surface area contributed by atoms with E-state index in [-0.39, 0.29) is 0 Å². The fourth-order valence-corrected chi connectivity index (χ4v) is 3.13. The van der Waals surface area contributed by atoms with Crippen molar-refractivity contribution >= 4 is 5.96 Å². The van der Waals surface area contributed by atoms with Crippen LogP contribution in [0.1, 0.15) is 39.5 Å². The first-order valence-electron chi connectivity index (χ1n) is 8.07. The summed E-state index contributed by atoms with van der Waals surface area (Å²) in [4.78, 5) is 9.36. The smallest absolute Gasteiger partial charge is 0.191 e. The van der Waals surface area contributed by atoms with Gasteiger partial charge in [-0.1, -0.05) is 12.8 Å². The zero-order valence-electron chi connectivity index (χ0n) is 13.1. The van der Waals surface area contributed by atoms with Crippen molar-refractivity contribution in [1.29, 1.82) is 0 Å². The molecule has 2 rings (SSSR count). The molecule has 20 heavy (non-hydrogen) atoms. The Balaban J connectivity index is 1.83. The Labute approximate surface area is 123 Å². The molecule has 0 saturated carbocycles. The normalized spacial score (nSPS) is 28.2. The molecule has 0 aromatic heterocycles. The lowest BCUT2D eigenvalue weighted by Gasteiger charge is -2.37. The number of hydrogen-bond donors (Lipinski definition) is 1. The fourth-order valence-electron chi connectivity index (χ4n) is 3.13. The Kier molecular flexibility index (Phi) is 6.10. The molecule has 0 unspecified atom stereocenters. The number of ether oxygens (including phenoxy) is 1. The molecule has 2 heterocycles. The zero-order valence-corrected chi connectivity index (χ0v) is 13.1. The van der Waals surface area contributed by atoms with Gasteiger partial charge in [0.1, 0.15) is 0 Å². The molecular weight excluding hydrogens is 252 g/mol. The molecule has 2 saturated heterocycles.